The van der Waals surface area contributed by atoms with Gasteiger partial charge in [-0.2, -0.15) is 5.26 Å². The van der Waals surface area contributed by atoms with Crippen molar-refractivity contribution in [3.63, 3.8) is 0 Å². The van der Waals surface area contributed by atoms with E-state index in [0.717, 1.165) is 22.6 Å². The highest BCUT2D eigenvalue weighted by Gasteiger charge is 2.22. The van der Waals surface area contributed by atoms with Crippen molar-refractivity contribution in [2.45, 2.75) is 72.6 Å². The van der Waals surface area contributed by atoms with Gasteiger partial charge in [-0.1, -0.05) is 52.5 Å². The Hall–Kier alpha value is -4.20. The van der Waals surface area contributed by atoms with Gasteiger partial charge in [0, 0.05) is 42.4 Å². The monoisotopic (exact) mass is 576 g/mol. The molecule has 42 heavy (non-hydrogen) atoms. The number of aliphatic hydroxyl groups is 1. The van der Waals surface area contributed by atoms with E-state index in [1.54, 1.807) is 12.1 Å². The van der Waals surface area contributed by atoms with Crippen LogP contribution in [0.3, 0.4) is 0 Å². The lowest BCUT2D eigenvalue weighted by Gasteiger charge is -2.20. The maximum absolute atomic E-state index is 13.1. The Morgan fingerprint density at radius 1 is 1.17 bits per heavy atom. The number of nitrogens with two attached hydrogens (primary N) is 1. The Balaban J connectivity index is 0.00000616. The highest BCUT2D eigenvalue weighted by atomic mass is 16.5. The minimum atomic E-state index is -0.647. The molecule has 1 aromatic heterocycles. The summed E-state index contributed by atoms with van der Waals surface area (Å²) in [6.07, 6.45) is 2.32. The van der Waals surface area contributed by atoms with Gasteiger partial charge in [-0.15, -0.1) is 0 Å². The van der Waals surface area contributed by atoms with Crippen LogP contribution in [-0.4, -0.2) is 58.3 Å². The van der Waals surface area contributed by atoms with E-state index in [4.69, 9.17) is 20.6 Å². The highest BCUT2D eigenvalue weighted by Crippen LogP contribution is 2.27. The fraction of sp³-hybridized carbons (Fsp3) is 0.438. The van der Waals surface area contributed by atoms with Gasteiger partial charge in [-0.3, -0.25) is 9.59 Å². The molecule has 5 N–H and O–H groups in total. The molecule has 0 spiro atoms. The summed E-state index contributed by atoms with van der Waals surface area (Å²) in [5.74, 6) is 0.447. The van der Waals surface area contributed by atoms with Crippen LogP contribution in [0.15, 0.2) is 48.7 Å². The molecule has 0 aliphatic heterocycles. The molecule has 0 aliphatic carbocycles. The summed E-state index contributed by atoms with van der Waals surface area (Å²) in [6, 6.07) is 14.2. The standard InChI is InChI=1S/C31H40N6O4.CH4/c1-20(2)41-27-11-10-23(15-24(27)16-33)29(40)35-25(17-34-28(39)19-38)14-21-6-8-22(9-7-21)26-18-37(13-12-32)30(36-26)31(3,4)5;/h6-11,15,18,20,25,38H,12-14,17,19,32H2,1-5H3,(H,34,39)(H,35,40);1H4/t25-;/m0./s1. The van der Waals surface area contributed by atoms with Crippen LogP contribution < -0.4 is 21.1 Å². The molecular formula is C32H44N6O4. The van der Waals surface area contributed by atoms with Gasteiger partial charge in [0.05, 0.1) is 23.4 Å². The van der Waals surface area contributed by atoms with Gasteiger partial charge in [-0.25, -0.2) is 4.98 Å². The largest absolute Gasteiger partial charge is 0.490 e. The molecule has 2 aromatic carbocycles. The minimum Gasteiger partial charge on any atom is -0.490 e. The number of ether oxygens (including phenoxy) is 1. The van der Waals surface area contributed by atoms with Crippen LogP contribution in [0.25, 0.3) is 11.3 Å². The molecular weight excluding hydrogens is 532 g/mol. The molecule has 2 amide bonds. The molecule has 226 valence electrons. The molecule has 1 heterocycles. The van der Waals surface area contributed by atoms with E-state index in [-0.39, 0.29) is 31.1 Å². The first-order valence-electron chi connectivity index (χ1n) is 13.7. The summed E-state index contributed by atoms with van der Waals surface area (Å²) in [5, 5.41) is 24.2. The van der Waals surface area contributed by atoms with Gasteiger partial charge in [0.1, 0.15) is 24.3 Å². The third-order valence-corrected chi connectivity index (χ3v) is 6.30. The van der Waals surface area contributed by atoms with Crippen molar-refractivity contribution in [3.05, 3.63) is 71.2 Å². The zero-order valence-electron chi connectivity index (χ0n) is 24.4. The van der Waals surface area contributed by atoms with Crippen molar-refractivity contribution in [2.75, 3.05) is 19.7 Å². The number of nitrogens with zero attached hydrogens (tertiary/aromatic N) is 3. The lowest BCUT2D eigenvalue weighted by molar-refractivity contribution is -0.123. The number of imidazole rings is 1. The molecule has 10 nitrogen and oxygen atoms in total. The molecule has 0 unspecified atom stereocenters. The number of nitriles is 1. The second-order valence-electron chi connectivity index (χ2n) is 11.2. The van der Waals surface area contributed by atoms with Gasteiger partial charge in [0.15, 0.2) is 0 Å². The molecule has 0 radical (unpaired) electrons. The summed E-state index contributed by atoms with van der Waals surface area (Å²) >= 11 is 0. The summed E-state index contributed by atoms with van der Waals surface area (Å²) in [7, 11) is 0. The van der Waals surface area contributed by atoms with Gasteiger partial charge in [0.2, 0.25) is 5.91 Å². The highest BCUT2D eigenvalue weighted by molar-refractivity contribution is 5.95. The number of aliphatic hydroxyl groups excluding tert-OH is 1. The SMILES string of the molecule is C.CC(C)Oc1ccc(C(=O)N[C@H](CNC(=O)CO)Cc2ccc(-c3cn(CCN)c(C(C)(C)C)n3)cc2)cc1C#N. The van der Waals surface area contributed by atoms with Crippen LogP contribution in [0.4, 0.5) is 0 Å². The van der Waals surface area contributed by atoms with E-state index in [1.165, 1.54) is 6.07 Å². The summed E-state index contributed by atoms with van der Waals surface area (Å²) in [5.41, 5.74) is 8.99. The molecule has 3 rings (SSSR count). The van der Waals surface area contributed by atoms with E-state index in [2.05, 4.69) is 42.0 Å². The van der Waals surface area contributed by atoms with E-state index in [9.17, 15) is 14.9 Å². The van der Waals surface area contributed by atoms with E-state index < -0.39 is 24.5 Å². The molecule has 0 fully saturated rings. The van der Waals surface area contributed by atoms with Crippen molar-refractivity contribution < 1.29 is 19.4 Å². The molecule has 3 aromatic rings. The quantitative estimate of drug-likeness (QED) is 0.257. The zero-order chi connectivity index (χ0) is 30.2. The number of amides is 2. The van der Waals surface area contributed by atoms with Crippen LogP contribution in [0, 0.1) is 11.3 Å². The topological polar surface area (TPSA) is 155 Å². The van der Waals surface area contributed by atoms with Crippen molar-refractivity contribution in [1.82, 2.24) is 20.2 Å². The number of rotatable bonds is 12. The molecule has 0 aliphatic rings. The van der Waals surface area contributed by atoms with Gasteiger partial charge < -0.3 is 30.8 Å². The second kappa shape index (κ2) is 15.1. The van der Waals surface area contributed by atoms with Gasteiger partial charge in [0.25, 0.3) is 5.91 Å². The summed E-state index contributed by atoms with van der Waals surface area (Å²) in [4.78, 5) is 29.7. The van der Waals surface area contributed by atoms with Crippen molar-refractivity contribution >= 4 is 11.8 Å². The van der Waals surface area contributed by atoms with E-state index >= 15 is 0 Å². The van der Waals surface area contributed by atoms with Crippen LogP contribution in [0.5, 0.6) is 5.75 Å². The first kappa shape index (κ1) is 34.0. The maximum atomic E-state index is 13.1. The maximum Gasteiger partial charge on any atom is 0.251 e. The normalized spacial score (nSPS) is 11.8. The third kappa shape index (κ3) is 9.16. The molecule has 0 bridgehead atoms. The number of carbonyl (C=O) groups is 2. The Morgan fingerprint density at radius 3 is 2.43 bits per heavy atom. The number of hydrogen-bond donors (Lipinski definition) is 4. The predicted octanol–water partition coefficient (Wildman–Crippen LogP) is 3.55. The smallest absolute Gasteiger partial charge is 0.251 e. The molecule has 0 saturated heterocycles. The van der Waals surface area contributed by atoms with Crippen LogP contribution in [0.1, 0.15) is 69.4 Å². The first-order valence-corrected chi connectivity index (χ1v) is 13.7. The Kier molecular flexibility index (Phi) is 12.3. The second-order valence-corrected chi connectivity index (χ2v) is 11.2. The minimum absolute atomic E-state index is 0. The summed E-state index contributed by atoms with van der Waals surface area (Å²) in [6.45, 7) is 10.7. The number of benzene rings is 2. The Labute approximate surface area is 248 Å². The fourth-order valence-electron chi connectivity index (χ4n) is 4.41. The summed E-state index contributed by atoms with van der Waals surface area (Å²) < 4.78 is 7.74. The van der Waals surface area contributed by atoms with Crippen LogP contribution >= 0.6 is 0 Å². The van der Waals surface area contributed by atoms with Crippen LogP contribution in [-0.2, 0) is 23.2 Å². The lowest BCUT2D eigenvalue weighted by Crippen LogP contribution is -2.45. The van der Waals surface area contributed by atoms with Crippen molar-refractivity contribution in [2.24, 2.45) is 5.73 Å². The van der Waals surface area contributed by atoms with Crippen molar-refractivity contribution in [3.8, 4) is 23.1 Å². The average molecular weight is 577 g/mol. The van der Waals surface area contributed by atoms with Crippen LogP contribution in [0.2, 0.25) is 0 Å². The van der Waals surface area contributed by atoms with Crippen molar-refractivity contribution in [1.29, 1.82) is 5.26 Å². The Bertz CT molecular complexity index is 1380. The molecule has 0 saturated carbocycles. The average Bonchev–Trinajstić information content (AvgIpc) is 3.36. The fourth-order valence-corrected chi connectivity index (χ4v) is 4.41. The number of aromatic nitrogens is 2. The predicted molar refractivity (Wildman–Crippen MR) is 164 cm³/mol. The van der Waals surface area contributed by atoms with Gasteiger partial charge in [-0.05, 0) is 44.0 Å². The molecule has 1 atom stereocenters. The molecule has 10 heteroatoms. The van der Waals surface area contributed by atoms with E-state index in [0.29, 0.717) is 30.8 Å². The Morgan fingerprint density at radius 2 is 1.86 bits per heavy atom. The van der Waals surface area contributed by atoms with Gasteiger partial charge >= 0.3 is 0 Å². The number of nitrogens with one attached hydrogen (secondary N) is 2. The van der Waals surface area contributed by atoms with E-state index in [1.807, 2.05) is 44.3 Å². The zero-order valence-corrected chi connectivity index (χ0v) is 24.4. The number of carbonyl (C=O) groups excluding carboxylic acids is 2. The number of hydrogen-bond acceptors (Lipinski definition) is 7. The first-order chi connectivity index (χ1) is 19.4. The lowest BCUT2D eigenvalue weighted by atomic mass is 9.95. The third-order valence-electron chi connectivity index (χ3n) is 6.30.